The van der Waals surface area contributed by atoms with Gasteiger partial charge in [0.15, 0.2) is 5.69 Å². The van der Waals surface area contributed by atoms with E-state index in [2.05, 4.69) is 10.3 Å². The first-order chi connectivity index (χ1) is 15.2. The number of hydrogen-bond donors (Lipinski definition) is 1. The number of aromatic nitrogens is 1. The minimum Gasteiger partial charge on any atom is -0.447 e. The van der Waals surface area contributed by atoms with Gasteiger partial charge in [-0.05, 0) is 36.6 Å². The summed E-state index contributed by atoms with van der Waals surface area (Å²) in [6, 6.07) is 9.38. The van der Waals surface area contributed by atoms with Gasteiger partial charge in [-0.3, -0.25) is 9.69 Å². The molecule has 1 unspecified atom stereocenters. The van der Waals surface area contributed by atoms with E-state index in [1.807, 2.05) is 25.7 Å². The standard InChI is InChI=1S/C24H26F3N3O2/c1-15(2)16(3)30(12-18-6-9-20(26)10-21(18)27)13-23-29-22(14-32-23)24(31)28-11-17-4-7-19(25)8-5-17/h4-10,14-16H,11-13H2,1-3H3,(H,28,31). The van der Waals surface area contributed by atoms with Gasteiger partial charge in [0.1, 0.15) is 23.7 Å². The number of carbonyl (C=O) groups is 1. The first kappa shape index (κ1) is 23.5. The molecule has 32 heavy (non-hydrogen) atoms. The Kier molecular flexibility index (Phi) is 7.69. The van der Waals surface area contributed by atoms with Crippen molar-refractivity contribution in [3.8, 4) is 0 Å². The van der Waals surface area contributed by atoms with Crippen LogP contribution >= 0.6 is 0 Å². The maximum absolute atomic E-state index is 14.2. The molecule has 0 radical (unpaired) electrons. The predicted molar refractivity (Wildman–Crippen MR) is 114 cm³/mol. The number of oxazole rings is 1. The maximum atomic E-state index is 14.2. The predicted octanol–water partition coefficient (Wildman–Crippen LogP) is 5.07. The second kappa shape index (κ2) is 10.5. The molecule has 0 aliphatic carbocycles. The lowest BCUT2D eigenvalue weighted by molar-refractivity contribution is 0.0945. The SMILES string of the molecule is CC(C)C(C)N(Cc1nc(C(=O)NCc2ccc(F)cc2)co1)Cc1ccc(F)cc1F. The number of rotatable bonds is 9. The van der Waals surface area contributed by atoms with Crippen molar-refractivity contribution in [2.24, 2.45) is 5.92 Å². The second-order valence-electron chi connectivity index (χ2n) is 8.06. The van der Waals surface area contributed by atoms with Gasteiger partial charge in [-0.15, -0.1) is 0 Å². The van der Waals surface area contributed by atoms with Gasteiger partial charge in [-0.1, -0.05) is 32.0 Å². The summed E-state index contributed by atoms with van der Waals surface area (Å²) in [5.41, 5.74) is 1.23. The molecule has 0 aliphatic rings. The number of nitrogens with zero attached hydrogens (tertiary/aromatic N) is 2. The third kappa shape index (κ3) is 6.20. The lowest BCUT2D eigenvalue weighted by Gasteiger charge is -2.30. The molecule has 0 aliphatic heterocycles. The molecule has 8 heteroatoms. The summed E-state index contributed by atoms with van der Waals surface area (Å²) >= 11 is 0. The molecule has 5 nitrogen and oxygen atoms in total. The van der Waals surface area contributed by atoms with Gasteiger partial charge < -0.3 is 9.73 Å². The molecule has 170 valence electrons. The van der Waals surface area contributed by atoms with Crippen LogP contribution in [0.1, 0.15) is 48.3 Å². The fourth-order valence-electron chi connectivity index (χ4n) is 3.17. The number of carbonyl (C=O) groups excluding carboxylic acids is 1. The molecule has 0 bridgehead atoms. The Hall–Kier alpha value is -3.13. The van der Waals surface area contributed by atoms with Gasteiger partial charge in [-0.2, -0.15) is 0 Å². The van der Waals surface area contributed by atoms with E-state index >= 15 is 0 Å². The summed E-state index contributed by atoms with van der Waals surface area (Å²) in [5.74, 6) is -1.43. The summed E-state index contributed by atoms with van der Waals surface area (Å²) < 4.78 is 45.9. The molecular weight excluding hydrogens is 419 g/mol. The van der Waals surface area contributed by atoms with E-state index in [0.717, 1.165) is 11.6 Å². The van der Waals surface area contributed by atoms with Crippen LogP contribution in [0.25, 0.3) is 0 Å². The van der Waals surface area contributed by atoms with E-state index in [4.69, 9.17) is 4.42 Å². The maximum Gasteiger partial charge on any atom is 0.273 e. The van der Waals surface area contributed by atoms with Crippen LogP contribution in [-0.4, -0.2) is 21.8 Å². The minimum absolute atomic E-state index is 0.0436. The highest BCUT2D eigenvalue weighted by Gasteiger charge is 2.22. The molecule has 2 aromatic carbocycles. The quantitative estimate of drug-likeness (QED) is 0.500. The van der Waals surface area contributed by atoms with E-state index < -0.39 is 17.5 Å². The van der Waals surface area contributed by atoms with E-state index in [1.165, 1.54) is 30.5 Å². The second-order valence-corrected chi connectivity index (χ2v) is 8.06. The third-order valence-corrected chi connectivity index (χ3v) is 5.42. The monoisotopic (exact) mass is 445 g/mol. The fraction of sp³-hybridized carbons (Fsp3) is 0.333. The first-order valence-electron chi connectivity index (χ1n) is 10.4. The average molecular weight is 445 g/mol. The van der Waals surface area contributed by atoms with Crippen molar-refractivity contribution in [2.45, 2.75) is 46.4 Å². The Morgan fingerprint density at radius 2 is 1.72 bits per heavy atom. The Labute approximate surface area is 185 Å². The zero-order valence-corrected chi connectivity index (χ0v) is 18.2. The minimum atomic E-state index is -0.626. The summed E-state index contributed by atoms with van der Waals surface area (Å²) in [5, 5.41) is 2.71. The van der Waals surface area contributed by atoms with Gasteiger partial charge in [-0.25, -0.2) is 18.2 Å². The largest absolute Gasteiger partial charge is 0.447 e. The molecule has 1 heterocycles. The third-order valence-electron chi connectivity index (χ3n) is 5.42. The van der Waals surface area contributed by atoms with Gasteiger partial charge >= 0.3 is 0 Å². The zero-order valence-electron chi connectivity index (χ0n) is 18.2. The lowest BCUT2D eigenvalue weighted by Crippen LogP contribution is -2.36. The van der Waals surface area contributed by atoms with Crippen LogP contribution in [0, 0.1) is 23.4 Å². The molecule has 1 aromatic heterocycles. The molecule has 0 saturated heterocycles. The van der Waals surface area contributed by atoms with Crippen LogP contribution in [-0.2, 0) is 19.6 Å². The molecular formula is C24H26F3N3O2. The van der Waals surface area contributed by atoms with Gasteiger partial charge in [0.2, 0.25) is 5.89 Å². The summed E-state index contributed by atoms with van der Waals surface area (Å²) in [6.07, 6.45) is 1.27. The van der Waals surface area contributed by atoms with Gasteiger partial charge in [0.05, 0.1) is 6.54 Å². The van der Waals surface area contributed by atoms with Crippen molar-refractivity contribution in [3.63, 3.8) is 0 Å². The van der Waals surface area contributed by atoms with E-state index in [1.54, 1.807) is 12.1 Å². The Bertz CT molecular complexity index is 1050. The van der Waals surface area contributed by atoms with Gasteiger partial charge in [0.25, 0.3) is 5.91 Å². The van der Waals surface area contributed by atoms with Crippen molar-refractivity contribution in [2.75, 3.05) is 0 Å². The van der Waals surface area contributed by atoms with Crippen LogP contribution in [0.5, 0.6) is 0 Å². The highest BCUT2D eigenvalue weighted by molar-refractivity contribution is 5.91. The summed E-state index contributed by atoms with van der Waals surface area (Å²) in [4.78, 5) is 18.6. The Morgan fingerprint density at radius 1 is 1.03 bits per heavy atom. The molecule has 1 atom stereocenters. The highest BCUT2D eigenvalue weighted by atomic mass is 19.1. The Morgan fingerprint density at radius 3 is 2.38 bits per heavy atom. The average Bonchev–Trinajstić information content (AvgIpc) is 3.22. The fourth-order valence-corrected chi connectivity index (χ4v) is 3.17. The molecule has 3 rings (SSSR count). The van der Waals surface area contributed by atoms with Crippen LogP contribution in [0.15, 0.2) is 53.1 Å². The molecule has 1 amide bonds. The van der Waals surface area contributed by atoms with Crippen LogP contribution in [0.4, 0.5) is 13.2 Å². The first-order valence-corrected chi connectivity index (χ1v) is 10.4. The number of halogens is 3. The van der Waals surface area contributed by atoms with Crippen molar-refractivity contribution >= 4 is 5.91 Å². The molecule has 0 fully saturated rings. The number of benzene rings is 2. The molecule has 1 N–H and O–H groups in total. The summed E-state index contributed by atoms with van der Waals surface area (Å²) in [6.45, 7) is 6.81. The summed E-state index contributed by atoms with van der Waals surface area (Å²) in [7, 11) is 0. The topological polar surface area (TPSA) is 58.4 Å². The molecule has 0 saturated carbocycles. The normalized spacial score (nSPS) is 12.4. The lowest BCUT2D eigenvalue weighted by atomic mass is 10.0. The van der Waals surface area contributed by atoms with E-state index in [9.17, 15) is 18.0 Å². The zero-order chi connectivity index (χ0) is 23.3. The Balaban J connectivity index is 1.67. The van der Waals surface area contributed by atoms with Crippen LogP contribution < -0.4 is 5.32 Å². The number of hydrogen-bond acceptors (Lipinski definition) is 4. The van der Waals surface area contributed by atoms with E-state index in [-0.39, 0.29) is 43.1 Å². The number of nitrogens with one attached hydrogen (secondary N) is 1. The smallest absolute Gasteiger partial charge is 0.273 e. The van der Waals surface area contributed by atoms with E-state index in [0.29, 0.717) is 11.5 Å². The van der Waals surface area contributed by atoms with Crippen LogP contribution in [0.3, 0.4) is 0 Å². The highest BCUT2D eigenvalue weighted by Crippen LogP contribution is 2.20. The number of amides is 1. The van der Waals surface area contributed by atoms with Gasteiger partial charge in [0, 0.05) is 30.8 Å². The van der Waals surface area contributed by atoms with Crippen LogP contribution in [0.2, 0.25) is 0 Å². The molecule has 3 aromatic rings. The van der Waals surface area contributed by atoms with Crippen molar-refractivity contribution in [1.29, 1.82) is 0 Å². The van der Waals surface area contributed by atoms with Crippen molar-refractivity contribution < 1.29 is 22.4 Å². The van der Waals surface area contributed by atoms with Crippen molar-refractivity contribution in [3.05, 3.63) is 88.9 Å². The molecule has 0 spiro atoms. The van der Waals surface area contributed by atoms with Crippen molar-refractivity contribution in [1.82, 2.24) is 15.2 Å².